The zero-order valence-corrected chi connectivity index (χ0v) is 19.9. The number of methoxy groups -OCH3 is 1. The number of hydrogen-bond donors (Lipinski definition) is 1. The predicted octanol–water partition coefficient (Wildman–Crippen LogP) is 4.70. The van der Waals surface area contributed by atoms with Gasteiger partial charge in [-0.15, -0.1) is 0 Å². The fourth-order valence-electron chi connectivity index (χ4n) is 4.20. The molecule has 0 atom stereocenters. The Morgan fingerprint density at radius 3 is 2.47 bits per heavy atom. The summed E-state index contributed by atoms with van der Waals surface area (Å²) in [6, 6.07) is 16.1. The molecule has 1 saturated heterocycles. The molecule has 0 radical (unpaired) electrons. The molecule has 2 aromatic carbocycles. The number of carbonyl (C=O) groups is 2. The normalized spacial score (nSPS) is 14.9. The molecule has 0 bridgehead atoms. The van der Waals surface area contributed by atoms with E-state index in [4.69, 9.17) is 25.5 Å². The lowest BCUT2D eigenvalue weighted by atomic mass is 9.74. The van der Waals surface area contributed by atoms with Crippen LogP contribution in [0.1, 0.15) is 39.3 Å². The van der Waals surface area contributed by atoms with E-state index in [1.807, 2.05) is 24.3 Å². The third-order valence-corrected chi connectivity index (χ3v) is 6.67. The van der Waals surface area contributed by atoms with Gasteiger partial charge in [0.25, 0.3) is 11.8 Å². The van der Waals surface area contributed by atoms with Crippen molar-refractivity contribution in [1.29, 1.82) is 0 Å². The SMILES string of the molecule is COc1ccc(C2(CNC(=O)c3ccc(N(C)C(=O)c4ccco4)cc3Cl)CCOCC2)cc1. The number of carbonyl (C=O) groups excluding carboxylic acids is 2. The molecule has 1 aromatic heterocycles. The molecule has 1 aliphatic rings. The first kappa shape index (κ1) is 23.9. The highest BCUT2D eigenvalue weighted by Crippen LogP contribution is 2.35. The van der Waals surface area contributed by atoms with E-state index in [1.165, 1.54) is 11.2 Å². The van der Waals surface area contributed by atoms with Gasteiger partial charge in [-0.05, 0) is 60.9 Å². The van der Waals surface area contributed by atoms with Gasteiger partial charge in [-0.2, -0.15) is 0 Å². The van der Waals surface area contributed by atoms with E-state index in [9.17, 15) is 9.59 Å². The second-order valence-electron chi connectivity index (χ2n) is 8.31. The zero-order valence-electron chi connectivity index (χ0n) is 19.2. The lowest BCUT2D eigenvalue weighted by Crippen LogP contribution is -2.44. The molecule has 178 valence electrons. The van der Waals surface area contributed by atoms with Crippen LogP contribution in [-0.4, -0.2) is 45.7 Å². The van der Waals surface area contributed by atoms with Crippen LogP contribution in [-0.2, 0) is 10.2 Å². The highest BCUT2D eigenvalue weighted by atomic mass is 35.5. The molecular weight excluding hydrogens is 456 g/mol. The van der Waals surface area contributed by atoms with Gasteiger partial charge in [-0.1, -0.05) is 23.7 Å². The van der Waals surface area contributed by atoms with Crippen LogP contribution in [0.5, 0.6) is 5.75 Å². The predicted molar refractivity (Wildman–Crippen MR) is 130 cm³/mol. The highest BCUT2D eigenvalue weighted by Gasteiger charge is 2.35. The molecule has 0 unspecified atom stereocenters. The Hall–Kier alpha value is -3.29. The van der Waals surface area contributed by atoms with Crippen LogP contribution in [0.4, 0.5) is 5.69 Å². The lowest BCUT2D eigenvalue weighted by Gasteiger charge is -2.38. The molecule has 34 heavy (non-hydrogen) atoms. The van der Waals surface area contributed by atoms with Crippen LogP contribution in [0, 0.1) is 0 Å². The van der Waals surface area contributed by atoms with Crippen molar-refractivity contribution in [3.63, 3.8) is 0 Å². The number of anilines is 1. The molecule has 3 aromatic rings. The minimum atomic E-state index is -0.306. The van der Waals surface area contributed by atoms with E-state index < -0.39 is 0 Å². The topological polar surface area (TPSA) is 81.0 Å². The maximum absolute atomic E-state index is 13.0. The molecule has 0 spiro atoms. The van der Waals surface area contributed by atoms with Gasteiger partial charge in [0, 0.05) is 37.9 Å². The molecule has 8 heteroatoms. The fraction of sp³-hybridized carbons (Fsp3) is 0.308. The summed E-state index contributed by atoms with van der Waals surface area (Å²) in [6.45, 7) is 1.72. The van der Waals surface area contributed by atoms with Gasteiger partial charge in [0.05, 0.1) is 24.0 Å². The Morgan fingerprint density at radius 1 is 1.12 bits per heavy atom. The first-order valence-electron chi connectivity index (χ1n) is 11.1. The standard InChI is InChI=1S/C26H27ClN2O5/c1-29(25(31)23-4-3-13-34-23)19-7-10-21(22(27)16-19)24(30)28-17-26(11-14-33-15-12-26)18-5-8-20(32-2)9-6-18/h3-10,13,16H,11-12,14-15,17H2,1-2H3,(H,28,30). The number of benzene rings is 2. The number of amides is 2. The third kappa shape index (κ3) is 4.95. The lowest BCUT2D eigenvalue weighted by molar-refractivity contribution is 0.0487. The molecule has 0 aliphatic carbocycles. The van der Waals surface area contributed by atoms with E-state index in [1.54, 1.807) is 44.5 Å². The summed E-state index contributed by atoms with van der Waals surface area (Å²) in [5.41, 5.74) is 1.81. The Labute approximate surface area is 203 Å². The van der Waals surface area contributed by atoms with Gasteiger partial charge in [-0.25, -0.2) is 0 Å². The Kier molecular flexibility index (Phi) is 7.24. The van der Waals surface area contributed by atoms with Gasteiger partial charge in [0.15, 0.2) is 5.76 Å². The number of rotatable bonds is 7. The van der Waals surface area contributed by atoms with Gasteiger partial charge in [0.1, 0.15) is 5.75 Å². The van der Waals surface area contributed by atoms with Crippen molar-refractivity contribution in [3.05, 3.63) is 82.8 Å². The monoisotopic (exact) mass is 482 g/mol. The molecule has 7 nitrogen and oxygen atoms in total. The summed E-state index contributed by atoms with van der Waals surface area (Å²) in [5, 5.41) is 3.33. The molecular formula is C26H27ClN2O5. The van der Waals surface area contributed by atoms with E-state index in [2.05, 4.69) is 5.32 Å². The first-order chi connectivity index (χ1) is 16.4. The molecule has 4 rings (SSSR count). The summed E-state index contributed by atoms with van der Waals surface area (Å²) in [5.74, 6) is 0.438. The Balaban J connectivity index is 1.48. The minimum absolute atomic E-state index is 0.223. The maximum Gasteiger partial charge on any atom is 0.293 e. The van der Waals surface area contributed by atoms with Gasteiger partial charge in [-0.3, -0.25) is 9.59 Å². The van der Waals surface area contributed by atoms with Crippen molar-refractivity contribution in [2.24, 2.45) is 0 Å². The Bertz CT molecular complexity index is 1140. The van der Waals surface area contributed by atoms with E-state index in [-0.39, 0.29) is 28.0 Å². The number of nitrogens with zero attached hydrogens (tertiary/aromatic N) is 1. The first-order valence-corrected chi connectivity index (χ1v) is 11.4. The number of furan rings is 1. The summed E-state index contributed by atoms with van der Waals surface area (Å²) in [6.07, 6.45) is 3.04. The fourth-order valence-corrected chi connectivity index (χ4v) is 4.46. The zero-order chi connectivity index (χ0) is 24.1. The van der Waals surface area contributed by atoms with Crippen LogP contribution in [0.15, 0.2) is 65.3 Å². The quantitative estimate of drug-likeness (QED) is 0.528. The van der Waals surface area contributed by atoms with Crippen molar-refractivity contribution in [3.8, 4) is 5.75 Å². The van der Waals surface area contributed by atoms with Crippen molar-refractivity contribution in [1.82, 2.24) is 5.32 Å². The van der Waals surface area contributed by atoms with Crippen molar-refractivity contribution in [2.45, 2.75) is 18.3 Å². The van der Waals surface area contributed by atoms with Gasteiger partial charge < -0.3 is 24.1 Å². The molecule has 0 saturated carbocycles. The average Bonchev–Trinajstić information content (AvgIpc) is 3.42. The smallest absolute Gasteiger partial charge is 0.293 e. The van der Waals surface area contributed by atoms with Gasteiger partial charge in [0.2, 0.25) is 0 Å². The van der Waals surface area contributed by atoms with Crippen LogP contribution in [0.3, 0.4) is 0 Å². The second kappa shape index (κ2) is 10.3. The van der Waals surface area contributed by atoms with Crippen LogP contribution >= 0.6 is 11.6 Å². The Morgan fingerprint density at radius 2 is 1.85 bits per heavy atom. The third-order valence-electron chi connectivity index (χ3n) is 6.36. The molecule has 2 heterocycles. The van der Waals surface area contributed by atoms with Crippen molar-refractivity contribution >= 4 is 29.1 Å². The second-order valence-corrected chi connectivity index (χ2v) is 8.72. The van der Waals surface area contributed by atoms with Crippen LogP contribution in [0.2, 0.25) is 5.02 Å². The van der Waals surface area contributed by atoms with Gasteiger partial charge >= 0.3 is 0 Å². The molecule has 1 fully saturated rings. The summed E-state index contributed by atoms with van der Waals surface area (Å²) >= 11 is 6.45. The number of nitrogens with one attached hydrogen (secondary N) is 1. The maximum atomic E-state index is 13.0. The number of ether oxygens (including phenoxy) is 2. The van der Waals surface area contributed by atoms with Crippen LogP contribution in [0.25, 0.3) is 0 Å². The van der Waals surface area contributed by atoms with Crippen molar-refractivity contribution < 1.29 is 23.5 Å². The summed E-state index contributed by atoms with van der Waals surface area (Å²) in [7, 11) is 3.26. The molecule has 1 N–H and O–H groups in total. The minimum Gasteiger partial charge on any atom is -0.497 e. The van der Waals surface area contributed by atoms with Crippen LogP contribution < -0.4 is 15.0 Å². The van der Waals surface area contributed by atoms with E-state index in [0.717, 1.165) is 24.2 Å². The number of hydrogen-bond acceptors (Lipinski definition) is 5. The molecule has 2 amide bonds. The number of halogens is 1. The molecule has 1 aliphatic heterocycles. The summed E-state index contributed by atoms with van der Waals surface area (Å²) < 4.78 is 16.0. The summed E-state index contributed by atoms with van der Waals surface area (Å²) in [4.78, 5) is 27.0. The highest BCUT2D eigenvalue weighted by molar-refractivity contribution is 6.34. The van der Waals surface area contributed by atoms with Crippen molar-refractivity contribution in [2.75, 3.05) is 38.8 Å². The van der Waals surface area contributed by atoms with E-state index >= 15 is 0 Å². The largest absolute Gasteiger partial charge is 0.497 e. The average molecular weight is 483 g/mol. The van der Waals surface area contributed by atoms with E-state index in [0.29, 0.717) is 31.0 Å².